The summed E-state index contributed by atoms with van der Waals surface area (Å²) in [7, 11) is 0. The first-order valence-electron chi connectivity index (χ1n) is 7.82. The second kappa shape index (κ2) is 11.0. The summed E-state index contributed by atoms with van der Waals surface area (Å²) >= 11 is 0. The van der Waals surface area contributed by atoms with Gasteiger partial charge in [0.25, 0.3) is 0 Å². The van der Waals surface area contributed by atoms with E-state index in [0.29, 0.717) is 6.42 Å². The van der Waals surface area contributed by atoms with E-state index in [1.807, 2.05) is 6.08 Å². The number of nitrogens with one attached hydrogen (secondary N) is 1. The molecule has 3 heteroatoms. The molecule has 0 spiro atoms. The zero-order chi connectivity index (χ0) is 13.8. The van der Waals surface area contributed by atoms with Gasteiger partial charge in [-0.15, -0.1) is 6.58 Å². The van der Waals surface area contributed by atoms with Crippen LogP contribution in [0.4, 0.5) is 0 Å². The van der Waals surface area contributed by atoms with Crippen molar-refractivity contribution >= 4 is 5.91 Å². The summed E-state index contributed by atoms with van der Waals surface area (Å²) in [4.78, 5) is 11.4. The number of unbranched alkanes of at least 4 members (excludes halogenated alkanes) is 6. The zero-order valence-electron chi connectivity index (χ0n) is 12.2. The Balaban J connectivity index is 1.89. The number of carbonyl (C=O) groups excluding carboxylic acids is 1. The van der Waals surface area contributed by atoms with Crippen LogP contribution in [0, 0.1) is 0 Å². The highest BCUT2D eigenvalue weighted by Crippen LogP contribution is 2.12. The first-order chi connectivity index (χ1) is 9.33. The third kappa shape index (κ3) is 8.82. The minimum Gasteiger partial charge on any atom is -0.378 e. The lowest BCUT2D eigenvalue weighted by atomic mass is 10.1. The highest BCUT2D eigenvalue weighted by molar-refractivity contribution is 5.76. The lowest BCUT2D eigenvalue weighted by molar-refractivity contribution is -0.123. The molecule has 1 unspecified atom stereocenters. The predicted octanol–water partition coefficient (Wildman–Crippen LogP) is 3.59. The second-order valence-corrected chi connectivity index (χ2v) is 5.39. The van der Waals surface area contributed by atoms with E-state index < -0.39 is 0 Å². The van der Waals surface area contributed by atoms with Crippen molar-refractivity contribution in [2.24, 2.45) is 0 Å². The van der Waals surface area contributed by atoms with E-state index in [0.717, 1.165) is 38.8 Å². The highest BCUT2D eigenvalue weighted by atomic mass is 16.5. The van der Waals surface area contributed by atoms with Gasteiger partial charge in [0.1, 0.15) is 0 Å². The van der Waals surface area contributed by atoms with Gasteiger partial charge in [-0.3, -0.25) is 4.79 Å². The Morgan fingerprint density at radius 2 is 1.95 bits per heavy atom. The number of allylic oxidation sites excluding steroid dienone is 1. The molecule has 110 valence electrons. The Morgan fingerprint density at radius 3 is 2.74 bits per heavy atom. The van der Waals surface area contributed by atoms with Gasteiger partial charge in [0, 0.05) is 13.2 Å². The minimum atomic E-state index is 0.143. The normalized spacial score (nSPS) is 19.8. The molecule has 0 radical (unpaired) electrons. The molecule has 0 aliphatic carbocycles. The first-order valence-corrected chi connectivity index (χ1v) is 7.82. The zero-order valence-corrected chi connectivity index (χ0v) is 12.2. The number of carbonyl (C=O) groups is 1. The van der Waals surface area contributed by atoms with Gasteiger partial charge >= 0.3 is 0 Å². The molecule has 1 N–H and O–H groups in total. The molecular formula is C16H29NO2. The number of ether oxygens (including phenoxy) is 1. The molecule has 1 aliphatic rings. The van der Waals surface area contributed by atoms with Crippen molar-refractivity contribution in [3.63, 3.8) is 0 Å². The molecule has 1 aliphatic heterocycles. The minimum absolute atomic E-state index is 0.143. The maximum absolute atomic E-state index is 11.4. The van der Waals surface area contributed by atoms with Crippen LogP contribution in [0.2, 0.25) is 0 Å². The molecular weight excluding hydrogens is 238 g/mol. The standard InChI is InChI=1S/C16H29NO2/c1-2-3-4-5-6-7-8-9-13-19-15-11-10-12-17-16(18)14-15/h2,15H,1,3-14H2,(H,17,18). The van der Waals surface area contributed by atoms with Crippen LogP contribution in [0.1, 0.15) is 64.2 Å². The summed E-state index contributed by atoms with van der Waals surface area (Å²) < 4.78 is 5.80. The molecule has 1 atom stereocenters. The van der Waals surface area contributed by atoms with Gasteiger partial charge in [0.05, 0.1) is 12.5 Å². The Kier molecular flexibility index (Phi) is 9.42. The fourth-order valence-corrected chi connectivity index (χ4v) is 2.43. The van der Waals surface area contributed by atoms with Gasteiger partial charge in [-0.1, -0.05) is 31.8 Å². The number of hydrogen-bond acceptors (Lipinski definition) is 2. The van der Waals surface area contributed by atoms with Crippen LogP contribution in [-0.4, -0.2) is 25.2 Å². The molecule has 3 nitrogen and oxygen atoms in total. The van der Waals surface area contributed by atoms with E-state index in [4.69, 9.17) is 4.74 Å². The van der Waals surface area contributed by atoms with Crippen molar-refractivity contribution in [3.05, 3.63) is 12.7 Å². The largest absolute Gasteiger partial charge is 0.378 e. The van der Waals surface area contributed by atoms with E-state index in [1.165, 1.54) is 32.1 Å². The smallest absolute Gasteiger partial charge is 0.222 e. The molecule has 1 fully saturated rings. The van der Waals surface area contributed by atoms with E-state index in [2.05, 4.69) is 11.9 Å². The van der Waals surface area contributed by atoms with Crippen LogP contribution in [0.3, 0.4) is 0 Å². The molecule has 0 aromatic rings. The van der Waals surface area contributed by atoms with E-state index >= 15 is 0 Å². The van der Waals surface area contributed by atoms with E-state index in [9.17, 15) is 4.79 Å². The predicted molar refractivity (Wildman–Crippen MR) is 79.1 cm³/mol. The monoisotopic (exact) mass is 267 g/mol. The van der Waals surface area contributed by atoms with Crippen LogP contribution in [-0.2, 0) is 9.53 Å². The van der Waals surface area contributed by atoms with Crippen molar-refractivity contribution in [2.75, 3.05) is 13.2 Å². The van der Waals surface area contributed by atoms with Crippen molar-refractivity contribution in [1.29, 1.82) is 0 Å². The van der Waals surface area contributed by atoms with Gasteiger partial charge < -0.3 is 10.1 Å². The van der Waals surface area contributed by atoms with Gasteiger partial charge in [-0.05, 0) is 32.1 Å². The van der Waals surface area contributed by atoms with Crippen LogP contribution in [0.25, 0.3) is 0 Å². The fourth-order valence-electron chi connectivity index (χ4n) is 2.43. The van der Waals surface area contributed by atoms with Crippen LogP contribution in [0.15, 0.2) is 12.7 Å². The Hall–Kier alpha value is -0.830. The van der Waals surface area contributed by atoms with Crippen LogP contribution in [0.5, 0.6) is 0 Å². The number of hydrogen-bond donors (Lipinski definition) is 1. The summed E-state index contributed by atoms with van der Waals surface area (Å²) in [6.45, 7) is 5.35. The SMILES string of the molecule is C=CCCCCCCCCOC1CCCNC(=O)C1. The summed E-state index contributed by atoms with van der Waals surface area (Å²) in [6.07, 6.45) is 13.5. The lowest BCUT2D eigenvalue weighted by Gasteiger charge is -2.14. The Labute approximate surface area is 117 Å². The van der Waals surface area contributed by atoms with E-state index in [-0.39, 0.29) is 12.0 Å². The Morgan fingerprint density at radius 1 is 1.21 bits per heavy atom. The molecule has 1 amide bonds. The van der Waals surface area contributed by atoms with Crippen molar-refractivity contribution in [3.8, 4) is 0 Å². The summed E-state index contributed by atoms with van der Waals surface area (Å²) in [6, 6.07) is 0. The molecule has 0 aromatic heterocycles. The van der Waals surface area contributed by atoms with Crippen molar-refractivity contribution < 1.29 is 9.53 Å². The van der Waals surface area contributed by atoms with E-state index in [1.54, 1.807) is 0 Å². The van der Waals surface area contributed by atoms with Crippen LogP contribution >= 0.6 is 0 Å². The average Bonchev–Trinajstić information content (AvgIpc) is 2.61. The molecule has 1 saturated heterocycles. The maximum atomic E-state index is 11.4. The van der Waals surface area contributed by atoms with Crippen molar-refractivity contribution in [1.82, 2.24) is 5.32 Å². The average molecular weight is 267 g/mol. The summed E-state index contributed by atoms with van der Waals surface area (Å²) in [5.74, 6) is 0.143. The summed E-state index contributed by atoms with van der Waals surface area (Å²) in [5, 5.41) is 2.88. The topological polar surface area (TPSA) is 38.3 Å². The quantitative estimate of drug-likeness (QED) is 0.485. The highest BCUT2D eigenvalue weighted by Gasteiger charge is 2.17. The summed E-state index contributed by atoms with van der Waals surface area (Å²) in [5.41, 5.74) is 0. The van der Waals surface area contributed by atoms with Crippen molar-refractivity contribution in [2.45, 2.75) is 70.3 Å². The molecule has 0 bridgehead atoms. The molecule has 0 aromatic carbocycles. The molecule has 0 saturated carbocycles. The number of rotatable bonds is 10. The lowest BCUT2D eigenvalue weighted by Crippen LogP contribution is -2.24. The third-order valence-corrected chi connectivity index (χ3v) is 3.59. The first kappa shape index (κ1) is 16.2. The fraction of sp³-hybridized carbons (Fsp3) is 0.812. The van der Waals surface area contributed by atoms with Gasteiger partial charge in [-0.2, -0.15) is 0 Å². The maximum Gasteiger partial charge on any atom is 0.222 e. The van der Waals surface area contributed by atoms with Gasteiger partial charge in [0.2, 0.25) is 5.91 Å². The van der Waals surface area contributed by atoms with Crippen LogP contribution < -0.4 is 5.32 Å². The van der Waals surface area contributed by atoms with Gasteiger partial charge in [-0.25, -0.2) is 0 Å². The molecule has 1 heterocycles. The number of amides is 1. The molecule has 19 heavy (non-hydrogen) atoms. The van der Waals surface area contributed by atoms with Gasteiger partial charge in [0.15, 0.2) is 0 Å². The molecule has 1 rings (SSSR count). The third-order valence-electron chi connectivity index (χ3n) is 3.59. The Bertz CT molecular complexity index is 253. The second-order valence-electron chi connectivity index (χ2n) is 5.39.